The molecule has 0 amide bonds. The summed E-state index contributed by atoms with van der Waals surface area (Å²) in [6, 6.07) is 10.0. The minimum Gasteiger partial charge on any atom is -0.268 e. The maximum absolute atomic E-state index is 10.9. The van der Waals surface area contributed by atoms with E-state index in [1.54, 1.807) is 12.2 Å². The zero-order chi connectivity index (χ0) is 17.0. The fourth-order valence-electron chi connectivity index (χ4n) is 1.91. The Morgan fingerprint density at radius 3 is 2.43 bits per heavy atom. The molecule has 7 heteroatoms. The highest BCUT2D eigenvalue weighted by atomic mass is 32.2. The highest BCUT2D eigenvalue weighted by molar-refractivity contribution is 8.18. The number of rotatable bonds is 4. The Bertz CT molecular complexity index is 827. The van der Waals surface area contributed by atoms with Crippen LogP contribution in [0.4, 0.5) is 0 Å². The molecule has 0 fully saturated rings. The summed E-state index contributed by atoms with van der Waals surface area (Å²) in [5.41, 5.74) is 2.54. The van der Waals surface area contributed by atoms with Gasteiger partial charge < -0.3 is 0 Å². The fraction of sp³-hybridized carbons (Fsp3) is 0.250. The summed E-state index contributed by atoms with van der Waals surface area (Å²) < 4.78 is 26.3. The van der Waals surface area contributed by atoms with Gasteiger partial charge in [0.1, 0.15) is 11.1 Å². The molecule has 0 radical (unpaired) electrons. The third-order valence-electron chi connectivity index (χ3n) is 3.08. The molecule has 2 rings (SSSR count). The smallest absolute Gasteiger partial charge is 0.268 e. The third kappa shape index (κ3) is 4.71. The molecule has 0 aliphatic carbocycles. The summed E-state index contributed by atoms with van der Waals surface area (Å²) in [4.78, 5) is 0.709. The molecular formula is C16H16N2O3S2. The van der Waals surface area contributed by atoms with E-state index in [-0.39, 0.29) is 0 Å². The van der Waals surface area contributed by atoms with Gasteiger partial charge in [-0.25, -0.2) is 0 Å². The lowest BCUT2D eigenvalue weighted by Crippen LogP contribution is -1.98. The zero-order valence-electron chi connectivity index (χ0n) is 13.0. The van der Waals surface area contributed by atoms with Crippen LogP contribution in [-0.2, 0) is 14.4 Å². The van der Waals surface area contributed by atoms with Crippen LogP contribution in [0, 0.1) is 11.3 Å². The average molecular weight is 348 g/mol. The molecule has 0 N–H and O–H groups in total. The van der Waals surface area contributed by atoms with Crippen molar-refractivity contribution in [3.63, 3.8) is 0 Å². The van der Waals surface area contributed by atoms with E-state index < -0.39 is 10.1 Å². The minimum absolute atomic E-state index is 0.386. The monoisotopic (exact) mass is 348 g/mol. The predicted molar refractivity (Wildman–Crippen MR) is 93.2 cm³/mol. The molecule has 0 saturated heterocycles. The average Bonchev–Trinajstić information content (AvgIpc) is 2.94. The normalized spacial score (nSPS) is 18.3. The molecule has 1 aromatic rings. The van der Waals surface area contributed by atoms with E-state index in [2.05, 4.69) is 29.4 Å². The molecule has 0 unspecified atom stereocenters. The molecule has 1 aliphatic heterocycles. The molecule has 0 saturated carbocycles. The second-order valence-electron chi connectivity index (χ2n) is 5.27. The van der Waals surface area contributed by atoms with Gasteiger partial charge in [0.05, 0.1) is 11.8 Å². The lowest BCUT2D eigenvalue weighted by molar-refractivity contribution is 0.345. The second kappa shape index (κ2) is 7.02. The minimum atomic E-state index is -3.64. The van der Waals surface area contributed by atoms with E-state index >= 15 is 0 Å². The number of allylic oxidation sites excluding steroid dienone is 2. The Labute approximate surface area is 140 Å². The highest BCUT2D eigenvalue weighted by Gasteiger charge is 2.16. The van der Waals surface area contributed by atoms with Crippen molar-refractivity contribution in [3.8, 4) is 6.07 Å². The first-order valence-corrected chi connectivity index (χ1v) is 9.50. The maximum atomic E-state index is 10.9. The Morgan fingerprint density at radius 1 is 1.26 bits per heavy atom. The number of nitriles is 1. The van der Waals surface area contributed by atoms with Crippen molar-refractivity contribution in [2.24, 2.45) is 5.16 Å². The molecule has 0 spiro atoms. The Kier molecular flexibility index (Phi) is 5.29. The summed E-state index contributed by atoms with van der Waals surface area (Å²) >= 11 is 1.20. The van der Waals surface area contributed by atoms with E-state index in [0.717, 1.165) is 11.8 Å². The van der Waals surface area contributed by atoms with Crippen LogP contribution >= 0.6 is 11.8 Å². The van der Waals surface area contributed by atoms with Gasteiger partial charge in [-0.3, -0.25) is 4.28 Å². The zero-order valence-corrected chi connectivity index (χ0v) is 14.6. The second-order valence-corrected chi connectivity index (χ2v) is 7.89. The van der Waals surface area contributed by atoms with Crippen molar-refractivity contribution in [3.05, 3.63) is 52.4 Å². The summed E-state index contributed by atoms with van der Waals surface area (Å²) in [5, 5.41) is 13.4. The molecule has 0 atom stereocenters. The van der Waals surface area contributed by atoms with E-state index in [1.807, 2.05) is 24.3 Å². The quantitative estimate of drug-likeness (QED) is 0.613. The van der Waals surface area contributed by atoms with Gasteiger partial charge in [-0.1, -0.05) is 55.0 Å². The van der Waals surface area contributed by atoms with Gasteiger partial charge in [0.2, 0.25) is 0 Å². The molecule has 23 heavy (non-hydrogen) atoms. The number of hydrogen-bond acceptors (Lipinski definition) is 6. The van der Waals surface area contributed by atoms with Crippen molar-refractivity contribution in [1.29, 1.82) is 5.26 Å². The number of thioether (sulfide) groups is 1. The van der Waals surface area contributed by atoms with Crippen molar-refractivity contribution < 1.29 is 12.7 Å². The van der Waals surface area contributed by atoms with Crippen LogP contribution in [0.5, 0.6) is 0 Å². The molecule has 5 nitrogen and oxygen atoms in total. The van der Waals surface area contributed by atoms with Crippen LogP contribution in [0.1, 0.15) is 30.9 Å². The Morgan fingerprint density at radius 2 is 1.91 bits per heavy atom. The number of hydrogen-bond donors (Lipinski definition) is 0. The van der Waals surface area contributed by atoms with E-state index in [9.17, 15) is 13.7 Å². The highest BCUT2D eigenvalue weighted by Crippen LogP contribution is 2.34. The van der Waals surface area contributed by atoms with Crippen LogP contribution in [-0.4, -0.2) is 19.7 Å². The number of oxime groups is 1. The van der Waals surface area contributed by atoms with Gasteiger partial charge in [0.25, 0.3) is 0 Å². The van der Waals surface area contributed by atoms with E-state index in [1.165, 1.54) is 17.3 Å². The molecule has 1 heterocycles. The number of benzene rings is 1. The summed E-state index contributed by atoms with van der Waals surface area (Å²) in [5.74, 6) is 0.426. The van der Waals surface area contributed by atoms with Gasteiger partial charge >= 0.3 is 10.1 Å². The standard InChI is InChI=1S/C16H16N2O3S2/c1-11(2)12-4-6-13(7-5-12)14(10-17)15-8-9-16(22-15)18-21-23(3,19)20/h4-9,11H,1-3H3. The predicted octanol–water partition coefficient (Wildman–Crippen LogP) is 3.64. The van der Waals surface area contributed by atoms with Crippen LogP contribution in [0.15, 0.2) is 46.5 Å². The lowest BCUT2D eigenvalue weighted by Gasteiger charge is -2.07. The van der Waals surface area contributed by atoms with Crippen molar-refractivity contribution in [2.45, 2.75) is 19.8 Å². The Hall–Kier alpha value is -2.04. The van der Waals surface area contributed by atoms with Crippen LogP contribution in [0.2, 0.25) is 0 Å². The van der Waals surface area contributed by atoms with E-state index in [0.29, 0.717) is 21.4 Å². The molecular weight excluding hydrogens is 332 g/mol. The van der Waals surface area contributed by atoms with Gasteiger partial charge in [0, 0.05) is 4.91 Å². The maximum Gasteiger partial charge on any atom is 0.325 e. The third-order valence-corrected chi connectivity index (χ3v) is 4.40. The largest absolute Gasteiger partial charge is 0.325 e. The first-order chi connectivity index (χ1) is 10.8. The van der Waals surface area contributed by atoms with Crippen molar-refractivity contribution >= 4 is 32.5 Å². The SMILES string of the molecule is CC(C)c1ccc(C(C#N)=C2C=CC(=NOS(C)(=O)=O)S2)cc1. The fourth-order valence-corrected chi connectivity index (χ4v) is 3.01. The van der Waals surface area contributed by atoms with Gasteiger partial charge in [-0.2, -0.15) is 13.7 Å². The lowest BCUT2D eigenvalue weighted by atomic mass is 9.99. The molecule has 0 bridgehead atoms. The van der Waals surface area contributed by atoms with Crippen molar-refractivity contribution in [1.82, 2.24) is 0 Å². The molecule has 1 aromatic carbocycles. The Balaban J connectivity index is 2.26. The first-order valence-electron chi connectivity index (χ1n) is 6.87. The number of nitrogens with zero attached hydrogens (tertiary/aromatic N) is 2. The van der Waals surface area contributed by atoms with Crippen molar-refractivity contribution in [2.75, 3.05) is 6.26 Å². The van der Waals surface area contributed by atoms with Crippen LogP contribution in [0.3, 0.4) is 0 Å². The van der Waals surface area contributed by atoms with Crippen LogP contribution in [0.25, 0.3) is 5.57 Å². The van der Waals surface area contributed by atoms with E-state index in [4.69, 9.17) is 0 Å². The van der Waals surface area contributed by atoms with Gasteiger partial charge in [-0.15, -0.1) is 0 Å². The topological polar surface area (TPSA) is 79.5 Å². The summed E-state index contributed by atoms with van der Waals surface area (Å²) in [6.45, 7) is 4.22. The summed E-state index contributed by atoms with van der Waals surface area (Å²) in [6.07, 6.45) is 4.27. The molecule has 1 aliphatic rings. The summed E-state index contributed by atoms with van der Waals surface area (Å²) in [7, 11) is -3.64. The van der Waals surface area contributed by atoms with Crippen LogP contribution < -0.4 is 0 Å². The molecule has 0 aromatic heterocycles. The van der Waals surface area contributed by atoms with Gasteiger partial charge in [-0.05, 0) is 29.2 Å². The molecule has 120 valence electrons. The first kappa shape index (κ1) is 17.3. The van der Waals surface area contributed by atoms with Gasteiger partial charge in [0.15, 0.2) is 0 Å².